The summed E-state index contributed by atoms with van der Waals surface area (Å²) in [6, 6.07) is 5.48. The minimum Gasteiger partial charge on any atom is -0.311 e. The predicted molar refractivity (Wildman–Crippen MR) is 53.2 cm³/mol. The molecule has 0 aromatic heterocycles. The molecule has 1 aromatic carbocycles. The Kier molecular flexibility index (Phi) is 2.71. The second kappa shape index (κ2) is 3.46. The standard InChI is InChI=1S/C11H16FN/c1-8-6-5-7-9(10(8)12)11(2,3)13-4/h5-7,13H,1-4H3. The van der Waals surface area contributed by atoms with E-state index in [4.69, 9.17) is 0 Å². The Bertz CT molecular complexity index is 305. The molecule has 0 saturated heterocycles. The Labute approximate surface area is 79.0 Å². The van der Waals surface area contributed by atoms with Gasteiger partial charge in [0, 0.05) is 11.1 Å². The number of aryl methyl sites for hydroxylation is 1. The monoisotopic (exact) mass is 181 g/mol. The molecule has 0 aliphatic heterocycles. The maximum atomic E-state index is 13.6. The van der Waals surface area contributed by atoms with E-state index in [-0.39, 0.29) is 11.4 Å². The van der Waals surface area contributed by atoms with Crippen LogP contribution in [0.4, 0.5) is 4.39 Å². The average Bonchev–Trinajstić information content (AvgIpc) is 2.09. The molecule has 0 fully saturated rings. The van der Waals surface area contributed by atoms with Crippen LogP contribution in [-0.2, 0) is 5.54 Å². The lowest BCUT2D eigenvalue weighted by Gasteiger charge is -2.25. The fourth-order valence-corrected chi connectivity index (χ4v) is 1.26. The van der Waals surface area contributed by atoms with Gasteiger partial charge in [-0.1, -0.05) is 18.2 Å². The van der Waals surface area contributed by atoms with Crippen LogP contribution in [0.2, 0.25) is 0 Å². The van der Waals surface area contributed by atoms with E-state index in [2.05, 4.69) is 5.32 Å². The van der Waals surface area contributed by atoms with Crippen molar-refractivity contribution >= 4 is 0 Å². The molecule has 1 nitrogen and oxygen atoms in total. The van der Waals surface area contributed by atoms with Crippen LogP contribution in [-0.4, -0.2) is 7.05 Å². The topological polar surface area (TPSA) is 12.0 Å². The van der Waals surface area contributed by atoms with Gasteiger partial charge in [-0.25, -0.2) is 4.39 Å². The molecule has 0 unspecified atom stereocenters. The fraction of sp³-hybridized carbons (Fsp3) is 0.455. The minimum absolute atomic E-state index is 0.109. The van der Waals surface area contributed by atoms with E-state index in [9.17, 15) is 4.39 Å². The van der Waals surface area contributed by atoms with Crippen molar-refractivity contribution in [3.63, 3.8) is 0 Å². The molecule has 1 aromatic rings. The van der Waals surface area contributed by atoms with Crippen LogP contribution in [0.15, 0.2) is 18.2 Å². The van der Waals surface area contributed by atoms with Gasteiger partial charge in [0.15, 0.2) is 0 Å². The normalized spacial score (nSPS) is 11.8. The summed E-state index contributed by atoms with van der Waals surface area (Å²) in [6.45, 7) is 5.71. The maximum absolute atomic E-state index is 13.6. The molecular formula is C11H16FN. The first-order chi connectivity index (χ1) is 5.99. The van der Waals surface area contributed by atoms with E-state index in [1.165, 1.54) is 0 Å². The summed E-state index contributed by atoms with van der Waals surface area (Å²) in [5.74, 6) is -0.109. The van der Waals surface area contributed by atoms with Crippen LogP contribution < -0.4 is 5.32 Å². The molecular weight excluding hydrogens is 165 g/mol. The Morgan fingerprint density at radius 3 is 2.46 bits per heavy atom. The molecule has 0 saturated carbocycles. The van der Waals surface area contributed by atoms with Crippen LogP contribution in [0.1, 0.15) is 25.0 Å². The minimum atomic E-state index is -0.309. The van der Waals surface area contributed by atoms with Crippen LogP contribution in [0.25, 0.3) is 0 Å². The van der Waals surface area contributed by atoms with Gasteiger partial charge >= 0.3 is 0 Å². The summed E-state index contributed by atoms with van der Waals surface area (Å²) in [6.07, 6.45) is 0. The largest absolute Gasteiger partial charge is 0.311 e. The van der Waals surface area contributed by atoms with Crippen molar-refractivity contribution in [2.75, 3.05) is 7.05 Å². The van der Waals surface area contributed by atoms with Gasteiger partial charge in [-0.2, -0.15) is 0 Å². The number of nitrogens with one attached hydrogen (secondary N) is 1. The quantitative estimate of drug-likeness (QED) is 0.739. The third-order valence-corrected chi connectivity index (χ3v) is 2.49. The summed E-state index contributed by atoms with van der Waals surface area (Å²) in [4.78, 5) is 0. The molecule has 0 heterocycles. The molecule has 2 heteroatoms. The lowest BCUT2D eigenvalue weighted by atomic mass is 9.92. The summed E-state index contributed by atoms with van der Waals surface area (Å²) >= 11 is 0. The van der Waals surface area contributed by atoms with E-state index in [1.807, 2.05) is 33.0 Å². The number of rotatable bonds is 2. The van der Waals surface area contributed by atoms with Crippen LogP contribution >= 0.6 is 0 Å². The molecule has 0 amide bonds. The summed E-state index contributed by atoms with van der Waals surface area (Å²) in [5, 5.41) is 3.09. The van der Waals surface area contributed by atoms with Crippen LogP contribution in [0.5, 0.6) is 0 Å². The van der Waals surface area contributed by atoms with Gasteiger partial charge in [-0.3, -0.25) is 0 Å². The summed E-state index contributed by atoms with van der Waals surface area (Å²) in [7, 11) is 1.84. The number of hydrogen-bond donors (Lipinski definition) is 1. The number of halogens is 1. The van der Waals surface area contributed by atoms with Gasteiger partial charge < -0.3 is 5.32 Å². The zero-order valence-electron chi connectivity index (χ0n) is 8.61. The number of benzene rings is 1. The Balaban J connectivity index is 3.22. The highest BCUT2D eigenvalue weighted by atomic mass is 19.1. The third kappa shape index (κ3) is 1.89. The van der Waals surface area contributed by atoms with Gasteiger partial charge in [0.05, 0.1) is 0 Å². The van der Waals surface area contributed by atoms with E-state index in [1.54, 1.807) is 13.0 Å². The van der Waals surface area contributed by atoms with Crippen molar-refractivity contribution in [2.24, 2.45) is 0 Å². The molecule has 0 aliphatic rings. The van der Waals surface area contributed by atoms with Gasteiger partial charge in [-0.15, -0.1) is 0 Å². The number of hydrogen-bond acceptors (Lipinski definition) is 1. The van der Waals surface area contributed by atoms with Crippen LogP contribution in [0.3, 0.4) is 0 Å². The lowest BCUT2D eigenvalue weighted by Crippen LogP contribution is -2.34. The Morgan fingerprint density at radius 2 is 1.92 bits per heavy atom. The Hall–Kier alpha value is -0.890. The maximum Gasteiger partial charge on any atom is 0.131 e. The average molecular weight is 181 g/mol. The van der Waals surface area contributed by atoms with Crippen molar-refractivity contribution in [1.82, 2.24) is 5.32 Å². The summed E-state index contributed by atoms with van der Waals surface area (Å²) in [5.41, 5.74) is 1.10. The molecule has 0 aliphatic carbocycles. The highest BCUT2D eigenvalue weighted by molar-refractivity contribution is 5.29. The first-order valence-electron chi connectivity index (χ1n) is 4.43. The predicted octanol–water partition coefficient (Wildman–Crippen LogP) is 2.59. The third-order valence-electron chi connectivity index (χ3n) is 2.49. The Morgan fingerprint density at radius 1 is 1.31 bits per heavy atom. The van der Waals surface area contributed by atoms with Crippen molar-refractivity contribution in [3.05, 3.63) is 35.1 Å². The van der Waals surface area contributed by atoms with Crippen LogP contribution in [0, 0.1) is 12.7 Å². The highest BCUT2D eigenvalue weighted by Crippen LogP contribution is 2.24. The zero-order valence-corrected chi connectivity index (χ0v) is 8.61. The molecule has 0 radical (unpaired) electrons. The molecule has 0 spiro atoms. The van der Waals surface area contributed by atoms with E-state index >= 15 is 0 Å². The first kappa shape index (κ1) is 10.2. The molecule has 0 atom stereocenters. The van der Waals surface area contributed by atoms with Crippen molar-refractivity contribution in [3.8, 4) is 0 Å². The SMILES string of the molecule is CNC(C)(C)c1cccc(C)c1F. The van der Waals surface area contributed by atoms with Gasteiger partial charge in [0.1, 0.15) is 5.82 Å². The van der Waals surface area contributed by atoms with Crippen molar-refractivity contribution in [2.45, 2.75) is 26.3 Å². The zero-order chi connectivity index (χ0) is 10.1. The lowest BCUT2D eigenvalue weighted by molar-refractivity contribution is 0.418. The summed E-state index contributed by atoms with van der Waals surface area (Å²) < 4.78 is 13.6. The van der Waals surface area contributed by atoms with Crippen molar-refractivity contribution in [1.29, 1.82) is 0 Å². The fourth-order valence-electron chi connectivity index (χ4n) is 1.26. The van der Waals surface area contributed by atoms with Gasteiger partial charge in [0.2, 0.25) is 0 Å². The first-order valence-corrected chi connectivity index (χ1v) is 4.43. The van der Waals surface area contributed by atoms with Gasteiger partial charge in [-0.05, 0) is 33.4 Å². The molecule has 13 heavy (non-hydrogen) atoms. The molecule has 1 rings (SSSR count). The van der Waals surface area contributed by atoms with Crippen molar-refractivity contribution < 1.29 is 4.39 Å². The highest BCUT2D eigenvalue weighted by Gasteiger charge is 2.21. The molecule has 0 bridgehead atoms. The van der Waals surface area contributed by atoms with E-state index in [0.717, 1.165) is 5.56 Å². The van der Waals surface area contributed by atoms with E-state index in [0.29, 0.717) is 5.56 Å². The van der Waals surface area contributed by atoms with E-state index < -0.39 is 0 Å². The molecule has 1 N–H and O–H groups in total. The second-order valence-corrected chi connectivity index (χ2v) is 3.81. The second-order valence-electron chi connectivity index (χ2n) is 3.81. The molecule has 72 valence electrons. The van der Waals surface area contributed by atoms with Gasteiger partial charge in [0.25, 0.3) is 0 Å². The smallest absolute Gasteiger partial charge is 0.131 e.